The third-order valence-corrected chi connectivity index (χ3v) is 6.44. The van der Waals surface area contributed by atoms with E-state index in [-0.39, 0.29) is 0 Å². The van der Waals surface area contributed by atoms with Gasteiger partial charge in [0.1, 0.15) is 0 Å². The fraction of sp³-hybridized carbons (Fsp3) is 1.00. The standard InChI is InChI=1S/C20H36O3/c1-3-5-6-22-19-11-15-9-17-13-20(23-8-7-21-4-2)14-18(17)10-16(15)12-19/h15-20H,3-14H2,1-2H3. The average Bonchev–Trinajstić information content (AvgIpc) is 3.11. The molecule has 3 aliphatic carbocycles. The van der Waals surface area contributed by atoms with Gasteiger partial charge in [-0.05, 0) is 75.5 Å². The summed E-state index contributed by atoms with van der Waals surface area (Å²) in [6.07, 6.45) is 11.6. The van der Waals surface area contributed by atoms with E-state index in [2.05, 4.69) is 6.92 Å². The van der Waals surface area contributed by atoms with Gasteiger partial charge in [-0.15, -0.1) is 0 Å². The number of rotatable bonds is 9. The van der Waals surface area contributed by atoms with E-state index in [4.69, 9.17) is 14.2 Å². The fourth-order valence-corrected chi connectivity index (χ4v) is 5.33. The monoisotopic (exact) mass is 324 g/mol. The molecule has 4 atom stereocenters. The molecule has 0 aromatic carbocycles. The molecule has 3 aliphatic rings. The van der Waals surface area contributed by atoms with Crippen molar-refractivity contribution in [3.63, 3.8) is 0 Å². The van der Waals surface area contributed by atoms with E-state index in [0.717, 1.165) is 50.1 Å². The molecule has 3 heteroatoms. The summed E-state index contributed by atoms with van der Waals surface area (Å²) < 4.78 is 17.6. The highest BCUT2D eigenvalue weighted by Gasteiger charge is 2.46. The first-order chi connectivity index (χ1) is 11.3. The van der Waals surface area contributed by atoms with Crippen molar-refractivity contribution in [1.82, 2.24) is 0 Å². The van der Waals surface area contributed by atoms with Gasteiger partial charge in [-0.25, -0.2) is 0 Å². The van der Waals surface area contributed by atoms with Gasteiger partial charge in [-0.2, -0.15) is 0 Å². The quantitative estimate of drug-likeness (QED) is 0.587. The Morgan fingerprint density at radius 2 is 1.17 bits per heavy atom. The van der Waals surface area contributed by atoms with Crippen LogP contribution in [0.2, 0.25) is 0 Å². The van der Waals surface area contributed by atoms with Gasteiger partial charge in [-0.3, -0.25) is 0 Å². The molecule has 0 heterocycles. The van der Waals surface area contributed by atoms with Gasteiger partial charge in [0.15, 0.2) is 0 Å². The first kappa shape index (κ1) is 17.7. The van der Waals surface area contributed by atoms with Crippen LogP contribution in [-0.2, 0) is 14.2 Å². The summed E-state index contributed by atoms with van der Waals surface area (Å²) in [5.74, 6) is 3.71. The third-order valence-electron chi connectivity index (χ3n) is 6.44. The van der Waals surface area contributed by atoms with Crippen LogP contribution in [0, 0.1) is 23.7 Å². The second-order valence-corrected chi connectivity index (χ2v) is 7.99. The van der Waals surface area contributed by atoms with E-state index in [9.17, 15) is 0 Å². The van der Waals surface area contributed by atoms with Gasteiger partial charge in [-0.1, -0.05) is 13.3 Å². The molecule has 0 aromatic heterocycles. The van der Waals surface area contributed by atoms with E-state index >= 15 is 0 Å². The SMILES string of the molecule is CCCCOC1CC2CC3CC(OCCOCC)CC3CC2C1. The maximum atomic E-state index is 6.12. The van der Waals surface area contributed by atoms with Crippen molar-refractivity contribution in [1.29, 1.82) is 0 Å². The van der Waals surface area contributed by atoms with Gasteiger partial charge < -0.3 is 14.2 Å². The molecule has 3 rings (SSSR count). The predicted octanol–water partition coefficient (Wildman–Crippen LogP) is 4.44. The van der Waals surface area contributed by atoms with E-state index in [1.165, 1.54) is 51.4 Å². The lowest BCUT2D eigenvalue weighted by Gasteiger charge is -2.34. The van der Waals surface area contributed by atoms with E-state index in [1.54, 1.807) is 0 Å². The second kappa shape index (κ2) is 8.82. The van der Waals surface area contributed by atoms with Crippen molar-refractivity contribution < 1.29 is 14.2 Å². The zero-order valence-electron chi connectivity index (χ0n) is 15.2. The molecule has 23 heavy (non-hydrogen) atoms. The second-order valence-electron chi connectivity index (χ2n) is 7.99. The Bertz CT molecular complexity index is 324. The molecule has 134 valence electrons. The molecular formula is C20H36O3. The molecule has 4 unspecified atom stereocenters. The Hall–Kier alpha value is -0.120. The minimum Gasteiger partial charge on any atom is -0.379 e. The summed E-state index contributed by atoms with van der Waals surface area (Å²) in [5.41, 5.74) is 0. The van der Waals surface area contributed by atoms with Crippen molar-refractivity contribution >= 4 is 0 Å². The topological polar surface area (TPSA) is 27.7 Å². The van der Waals surface area contributed by atoms with Gasteiger partial charge in [0, 0.05) is 13.2 Å². The Morgan fingerprint density at radius 3 is 1.65 bits per heavy atom. The molecule has 0 N–H and O–H groups in total. The van der Waals surface area contributed by atoms with Crippen molar-refractivity contribution in [3.05, 3.63) is 0 Å². The van der Waals surface area contributed by atoms with Gasteiger partial charge >= 0.3 is 0 Å². The molecule has 3 saturated carbocycles. The zero-order valence-corrected chi connectivity index (χ0v) is 15.2. The van der Waals surface area contributed by atoms with Crippen LogP contribution in [0.3, 0.4) is 0 Å². The summed E-state index contributed by atoms with van der Waals surface area (Å²) in [4.78, 5) is 0. The van der Waals surface area contributed by atoms with Crippen LogP contribution < -0.4 is 0 Å². The number of ether oxygens (including phenoxy) is 3. The highest BCUT2D eigenvalue weighted by Crippen LogP contribution is 2.53. The molecule has 0 radical (unpaired) electrons. The van der Waals surface area contributed by atoms with Crippen LogP contribution in [0.15, 0.2) is 0 Å². The molecule has 0 saturated heterocycles. The lowest BCUT2D eigenvalue weighted by Crippen LogP contribution is -2.25. The van der Waals surface area contributed by atoms with Gasteiger partial charge in [0.05, 0.1) is 25.4 Å². The number of unbranched alkanes of at least 4 members (excludes halogenated alkanes) is 1. The molecule has 3 fully saturated rings. The fourth-order valence-electron chi connectivity index (χ4n) is 5.33. The predicted molar refractivity (Wildman–Crippen MR) is 92.5 cm³/mol. The summed E-state index contributed by atoms with van der Waals surface area (Å²) >= 11 is 0. The van der Waals surface area contributed by atoms with Gasteiger partial charge in [0.2, 0.25) is 0 Å². The van der Waals surface area contributed by atoms with Crippen LogP contribution in [0.5, 0.6) is 0 Å². The van der Waals surface area contributed by atoms with E-state index in [1.807, 2.05) is 6.92 Å². The maximum Gasteiger partial charge on any atom is 0.0704 e. The Morgan fingerprint density at radius 1 is 0.652 bits per heavy atom. The van der Waals surface area contributed by atoms with Crippen molar-refractivity contribution in [2.75, 3.05) is 26.4 Å². The number of fused-ring (bicyclic) bond motifs is 2. The van der Waals surface area contributed by atoms with Crippen LogP contribution >= 0.6 is 0 Å². The normalized spacial score (nSPS) is 39.4. The maximum absolute atomic E-state index is 6.12. The average molecular weight is 325 g/mol. The van der Waals surface area contributed by atoms with Crippen LogP contribution in [0.4, 0.5) is 0 Å². The minimum absolute atomic E-state index is 0.501. The molecule has 0 aliphatic heterocycles. The number of hydrogen-bond donors (Lipinski definition) is 0. The first-order valence-corrected chi connectivity index (χ1v) is 10.1. The smallest absolute Gasteiger partial charge is 0.0704 e. The largest absolute Gasteiger partial charge is 0.379 e. The van der Waals surface area contributed by atoms with Crippen molar-refractivity contribution in [2.24, 2.45) is 23.7 Å². The van der Waals surface area contributed by atoms with Gasteiger partial charge in [0.25, 0.3) is 0 Å². The Labute approximate surface area is 142 Å². The lowest BCUT2D eigenvalue weighted by atomic mass is 9.71. The Balaban J connectivity index is 1.39. The van der Waals surface area contributed by atoms with E-state index in [0.29, 0.717) is 12.2 Å². The zero-order chi connectivity index (χ0) is 16.1. The molecule has 0 spiro atoms. The summed E-state index contributed by atoms with van der Waals surface area (Å²) in [7, 11) is 0. The molecule has 0 aromatic rings. The Kier molecular flexibility index (Phi) is 6.79. The molecule has 0 amide bonds. The minimum atomic E-state index is 0.501. The van der Waals surface area contributed by atoms with Crippen LogP contribution in [-0.4, -0.2) is 38.6 Å². The van der Waals surface area contributed by atoms with Crippen LogP contribution in [0.25, 0.3) is 0 Å². The molecule has 0 bridgehead atoms. The summed E-state index contributed by atoms with van der Waals surface area (Å²) in [6, 6.07) is 0. The summed E-state index contributed by atoms with van der Waals surface area (Å²) in [6.45, 7) is 7.59. The molecular weight excluding hydrogens is 288 g/mol. The highest BCUT2D eigenvalue weighted by molar-refractivity contribution is 4.97. The summed E-state index contributed by atoms with van der Waals surface area (Å²) in [5, 5.41) is 0. The number of hydrogen-bond acceptors (Lipinski definition) is 3. The highest BCUT2D eigenvalue weighted by atomic mass is 16.5. The first-order valence-electron chi connectivity index (χ1n) is 10.1. The van der Waals surface area contributed by atoms with Crippen molar-refractivity contribution in [2.45, 2.75) is 77.4 Å². The lowest BCUT2D eigenvalue weighted by molar-refractivity contribution is 0.00797. The third kappa shape index (κ3) is 4.70. The van der Waals surface area contributed by atoms with Crippen molar-refractivity contribution in [3.8, 4) is 0 Å². The van der Waals surface area contributed by atoms with E-state index < -0.39 is 0 Å². The molecule has 3 nitrogen and oxygen atoms in total. The van der Waals surface area contributed by atoms with Crippen LogP contribution in [0.1, 0.15) is 65.2 Å².